The maximum absolute atomic E-state index is 12.4. The highest BCUT2D eigenvalue weighted by Crippen LogP contribution is 2.43. The molecule has 1 atom stereocenters. The Bertz CT molecular complexity index is 722. The molecule has 3 fully saturated rings. The lowest BCUT2D eigenvalue weighted by Crippen LogP contribution is -2.51. The van der Waals surface area contributed by atoms with Crippen molar-refractivity contribution in [3.05, 3.63) is 35.4 Å². The maximum atomic E-state index is 12.4. The van der Waals surface area contributed by atoms with Crippen molar-refractivity contribution in [2.24, 2.45) is 11.7 Å². The molecule has 5 heteroatoms. The Morgan fingerprint density at radius 1 is 1.10 bits per heavy atom. The van der Waals surface area contributed by atoms with Crippen LogP contribution in [0.15, 0.2) is 24.3 Å². The van der Waals surface area contributed by atoms with Gasteiger partial charge in [0.2, 0.25) is 0 Å². The molecule has 3 aliphatic rings. The van der Waals surface area contributed by atoms with Crippen LogP contribution in [0.4, 0.5) is 4.79 Å². The van der Waals surface area contributed by atoms with Crippen LogP contribution in [0.2, 0.25) is 0 Å². The summed E-state index contributed by atoms with van der Waals surface area (Å²) < 4.78 is 5.57. The Hall–Kier alpha value is -1.59. The fourth-order valence-electron chi connectivity index (χ4n) is 5.06. The van der Waals surface area contributed by atoms with Crippen molar-refractivity contribution < 1.29 is 9.53 Å². The minimum absolute atomic E-state index is 0.0709. The number of nitrogens with two attached hydrogens (primary N) is 1. The average Bonchev–Trinajstić information content (AvgIpc) is 3.24. The normalized spacial score (nSPS) is 23.4. The molecule has 1 amide bonds. The summed E-state index contributed by atoms with van der Waals surface area (Å²) in [6, 6.07) is 9.54. The first-order valence-electron chi connectivity index (χ1n) is 11.8. The first-order chi connectivity index (χ1) is 14.2. The minimum Gasteiger partial charge on any atom is -0.444 e. The Balaban J connectivity index is 1.43. The Labute approximate surface area is 181 Å². The van der Waals surface area contributed by atoms with Gasteiger partial charge in [-0.25, -0.2) is 4.79 Å². The first kappa shape index (κ1) is 21.6. The average molecular weight is 414 g/mol. The fourth-order valence-corrected chi connectivity index (χ4v) is 5.06. The predicted molar refractivity (Wildman–Crippen MR) is 120 cm³/mol. The van der Waals surface area contributed by atoms with E-state index in [9.17, 15) is 4.79 Å². The lowest BCUT2D eigenvalue weighted by atomic mass is 9.91. The summed E-state index contributed by atoms with van der Waals surface area (Å²) in [5.41, 5.74) is 8.57. The number of hydrogen-bond acceptors (Lipinski definition) is 4. The highest BCUT2D eigenvalue weighted by Gasteiger charge is 2.40. The van der Waals surface area contributed by atoms with E-state index in [4.69, 9.17) is 10.5 Å². The summed E-state index contributed by atoms with van der Waals surface area (Å²) in [5, 5.41) is 0. The largest absolute Gasteiger partial charge is 0.444 e. The van der Waals surface area contributed by atoms with Crippen LogP contribution in [-0.2, 0) is 10.3 Å². The van der Waals surface area contributed by atoms with E-state index in [-0.39, 0.29) is 11.6 Å². The van der Waals surface area contributed by atoms with Crippen LogP contribution >= 0.6 is 0 Å². The molecule has 2 aliphatic carbocycles. The maximum Gasteiger partial charge on any atom is 0.410 e. The van der Waals surface area contributed by atoms with E-state index in [1.165, 1.54) is 43.2 Å². The van der Waals surface area contributed by atoms with Crippen molar-refractivity contribution in [3.8, 4) is 0 Å². The van der Waals surface area contributed by atoms with Crippen molar-refractivity contribution in [2.75, 3.05) is 26.2 Å². The van der Waals surface area contributed by atoms with Gasteiger partial charge >= 0.3 is 6.09 Å². The topological polar surface area (TPSA) is 58.8 Å². The molecule has 2 N–H and O–H groups in total. The van der Waals surface area contributed by atoms with Crippen molar-refractivity contribution in [1.82, 2.24) is 9.80 Å². The van der Waals surface area contributed by atoms with Gasteiger partial charge in [-0.1, -0.05) is 49.9 Å². The zero-order chi connectivity index (χ0) is 21.4. The van der Waals surface area contributed by atoms with E-state index < -0.39 is 5.60 Å². The van der Waals surface area contributed by atoms with Gasteiger partial charge in [0.25, 0.3) is 0 Å². The van der Waals surface area contributed by atoms with Gasteiger partial charge in [0.15, 0.2) is 0 Å². The van der Waals surface area contributed by atoms with Crippen molar-refractivity contribution in [1.29, 1.82) is 0 Å². The van der Waals surface area contributed by atoms with E-state index in [2.05, 4.69) is 29.2 Å². The van der Waals surface area contributed by atoms with Crippen molar-refractivity contribution >= 4 is 6.09 Å². The fraction of sp³-hybridized carbons (Fsp3) is 0.720. The van der Waals surface area contributed by atoms with E-state index in [0.717, 1.165) is 44.9 Å². The third kappa shape index (κ3) is 5.17. The number of amides is 1. The number of nitrogens with zero attached hydrogens (tertiary/aromatic N) is 2. The van der Waals surface area contributed by atoms with Gasteiger partial charge in [-0.15, -0.1) is 0 Å². The number of hydrogen-bond donors (Lipinski definition) is 1. The SMILES string of the molecule is CC(C)(C)OC(=O)N1CCN(C(CC2CCCC2)c2ccc(C3(N)CC3)cc2)CC1. The summed E-state index contributed by atoms with van der Waals surface area (Å²) in [6.45, 7) is 9.05. The molecule has 0 spiro atoms. The molecule has 30 heavy (non-hydrogen) atoms. The molecule has 1 heterocycles. The standard InChI is InChI=1S/C25H39N3O2/c1-24(2,3)30-23(29)28-16-14-27(15-17-28)22(18-19-6-4-5-7-19)20-8-10-21(11-9-20)25(26)12-13-25/h8-11,19,22H,4-7,12-18,26H2,1-3H3. The van der Waals surface area contributed by atoms with Gasteiger partial charge in [-0.3, -0.25) is 4.90 Å². The van der Waals surface area contributed by atoms with Gasteiger partial charge in [0.1, 0.15) is 5.60 Å². The molecule has 0 aromatic heterocycles. The monoisotopic (exact) mass is 413 g/mol. The summed E-state index contributed by atoms with van der Waals surface area (Å²) in [5.74, 6) is 0.822. The van der Waals surface area contributed by atoms with Gasteiger partial charge < -0.3 is 15.4 Å². The molecule has 0 radical (unpaired) electrons. The van der Waals surface area contributed by atoms with Crippen LogP contribution in [0.5, 0.6) is 0 Å². The Morgan fingerprint density at radius 2 is 1.70 bits per heavy atom. The molecule has 1 aromatic carbocycles. The molecule has 166 valence electrons. The molecule has 4 rings (SSSR count). The minimum atomic E-state index is -0.442. The third-order valence-electron chi connectivity index (χ3n) is 7.10. The van der Waals surface area contributed by atoms with Crippen LogP contribution < -0.4 is 5.73 Å². The molecule has 2 saturated carbocycles. The second-order valence-corrected chi connectivity index (χ2v) is 10.7. The third-order valence-corrected chi connectivity index (χ3v) is 7.10. The molecule has 1 saturated heterocycles. The number of benzene rings is 1. The number of rotatable bonds is 5. The van der Waals surface area contributed by atoms with E-state index >= 15 is 0 Å². The summed E-state index contributed by atoms with van der Waals surface area (Å²) in [7, 11) is 0. The van der Waals surface area contributed by atoms with Crippen LogP contribution in [0.3, 0.4) is 0 Å². The van der Waals surface area contributed by atoms with Crippen molar-refractivity contribution in [2.45, 2.75) is 82.9 Å². The highest BCUT2D eigenvalue weighted by atomic mass is 16.6. The van der Waals surface area contributed by atoms with Crippen molar-refractivity contribution in [3.63, 3.8) is 0 Å². The zero-order valence-electron chi connectivity index (χ0n) is 19.0. The van der Waals surface area contributed by atoms with E-state index in [1.807, 2.05) is 25.7 Å². The number of ether oxygens (including phenoxy) is 1. The van der Waals surface area contributed by atoms with Gasteiger partial charge in [0, 0.05) is 37.8 Å². The Morgan fingerprint density at radius 3 is 2.23 bits per heavy atom. The predicted octanol–water partition coefficient (Wildman–Crippen LogP) is 4.81. The summed E-state index contributed by atoms with van der Waals surface area (Å²) >= 11 is 0. The van der Waals surface area contributed by atoms with Gasteiger partial charge in [-0.2, -0.15) is 0 Å². The van der Waals surface area contributed by atoms with Crippen LogP contribution in [0, 0.1) is 5.92 Å². The second-order valence-electron chi connectivity index (χ2n) is 10.7. The molecule has 5 nitrogen and oxygen atoms in total. The Kier molecular flexibility index (Phi) is 6.13. The van der Waals surface area contributed by atoms with Crippen LogP contribution in [0.25, 0.3) is 0 Å². The quantitative estimate of drug-likeness (QED) is 0.753. The molecule has 1 unspecified atom stereocenters. The molecular formula is C25H39N3O2. The highest BCUT2D eigenvalue weighted by molar-refractivity contribution is 5.68. The second kappa shape index (κ2) is 8.51. The lowest BCUT2D eigenvalue weighted by molar-refractivity contribution is 0.00884. The van der Waals surface area contributed by atoms with E-state index in [0.29, 0.717) is 6.04 Å². The van der Waals surface area contributed by atoms with Crippen LogP contribution in [0.1, 0.15) is 82.9 Å². The number of piperazine rings is 1. The molecular weight excluding hydrogens is 374 g/mol. The van der Waals surface area contributed by atoms with E-state index in [1.54, 1.807) is 0 Å². The first-order valence-corrected chi connectivity index (χ1v) is 11.8. The summed E-state index contributed by atoms with van der Waals surface area (Å²) in [6.07, 6.45) is 8.71. The molecule has 1 aliphatic heterocycles. The van der Waals surface area contributed by atoms with Crippen LogP contribution in [-0.4, -0.2) is 47.7 Å². The molecule has 0 bridgehead atoms. The summed E-state index contributed by atoms with van der Waals surface area (Å²) in [4.78, 5) is 16.9. The number of carbonyl (C=O) groups excluding carboxylic acids is 1. The lowest BCUT2D eigenvalue weighted by Gasteiger charge is -2.40. The molecule has 1 aromatic rings. The zero-order valence-corrected chi connectivity index (χ0v) is 19.0. The number of carbonyl (C=O) groups is 1. The van der Waals surface area contributed by atoms with Gasteiger partial charge in [-0.05, 0) is 57.1 Å². The van der Waals surface area contributed by atoms with Gasteiger partial charge in [0.05, 0.1) is 0 Å². The smallest absolute Gasteiger partial charge is 0.410 e.